The molecule has 1 unspecified atom stereocenters. The molecule has 0 heterocycles. The molecule has 82 valence electrons. The van der Waals surface area contributed by atoms with Crippen LogP contribution in [-0.2, 0) is 0 Å². The van der Waals surface area contributed by atoms with Crippen molar-refractivity contribution < 1.29 is 0 Å². The van der Waals surface area contributed by atoms with Gasteiger partial charge >= 0.3 is 0 Å². The molecule has 2 nitrogen and oxygen atoms in total. The third-order valence-electron chi connectivity index (χ3n) is 2.82. The smallest absolute Gasteiger partial charge is 0.0621 e. The lowest BCUT2D eigenvalue weighted by molar-refractivity contribution is 0.253. The van der Waals surface area contributed by atoms with Crippen LogP contribution in [0.3, 0.4) is 0 Å². The predicted molar refractivity (Wildman–Crippen MR) is 61.0 cm³/mol. The van der Waals surface area contributed by atoms with Gasteiger partial charge in [-0.25, -0.2) is 0 Å². The number of nitrogens with one attached hydrogen (secondary N) is 1. The van der Waals surface area contributed by atoms with Gasteiger partial charge in [0.1, 0.15) is 0 Å². The summed E-state index contributed by atoms with van der Waals surface area (Å²) in [6, 6.07) is 2.16. The zero-order valence-corrected chi connectivity index (χ0v) is 10.1. The van der Waals surface area contributed by atoms with Gasteiger partial charge in [-0.15, -0.1) is 0 Å². The van der Waals surface area contributed by atoms with Gasteiger partial charge in [0.15, 0.2) is 0 Å². The zero-order valence-electron chi connectivity index (χ0n) is 10.1. The average molecular weight is 196 g/mol. The molecule has 0 aliphatic carbocycles. The number of unbranched alkanes of at least 4 members (excludes halogenated alkanes) is 2. The van der Waals surface area contributed by atoms with E-state index in [9.17, 15) is 0 Å². The number of hydrogen-bond acceptors (Lipinski definition) is 2. The van der Waals surface area contributed by atoms with Crippen LogP contribution in [0.1, 0.15) is 47.0 Å². The molecule has 0 spiro atoms. The van der Waals surface area contributed by atoms with Crippen molar-refractivity contribution in [1.82, 2.24) is 5.32 Å². The van der Waals surface area contributed by atoms with Crippen LogP contribution in [-0.4, -0.2) is 13.1 Å². The van der Waals surface area contributed by atoms with Crippen molar-refractivity contribution in [2.24, 2.45) is 11.3 Å². The van der Waals surface area contributed by atoms with Crippen LogP contribution in [0.4, 0.5) is 0 Å². The first-order valence-corrected chi connectivity index (χ1v) is 5.56. The van der Waals surface area contributed by atoms with E-state index in [1.54, 1.807) is 0 Å². The third-order valence-corrected chi connectivity index (χ3v) is 2.82. The normalized spacial score (nSPS) is 13.6. The Balaban J connectivity index is 3.33. The van der Waals surface area contributed by atoms with Gasteiger partial charge in [-0.3, -0.25) is 0 Å². The highest BCUT2D eigenvalue weighted by Crippen LogP contribution is 2.24. The van der Waals surface area contributed by atoms with Crippen molar-refractivity contribution in [3.8, 4) is 6.07 Å². The minimum atomic E-state index is 0.389. The lowest BCUT2D eigenvalue weighted by Crippen LogP contribution is -2.30. The maximum atomic E-state index is 8.35. The minimum absolute atomic E-state index is 0.389. The third kappa shape index (κ3) is 6.91. The van der Waals surface area contributed by atoms with Gasteiger partial charge in [0.05, 0.1) is 6.07 Å². The lowest BCUT2D eigenvalue weighted by Gasteiger charge is -2.27. The molecule has 1 atom stereocenters. The second-order valence-corrected chi connectivity index (χ2v) is 5.09. The fourth-order valence-electron chi connectivity index (χ4n) is 1.08. The van der Waals surface area contributed by atoms with Crippen LogP contribution in [0.2, 0.25) is 0 Å². The highest BCUT2D eigenvalue weighted by molar-refractivity contribution is 4.72. The van der Waals surface area contributed by atoms with Crippen molar-refractivity contribution in [3.63, 3.8) is 0 Å². The summed E-state index contributed by atoms with van der Waals surface area (Å²) in [4.78, 5) is 0. The lowest BCUT2D eigenvalue weighted by atomic mass is 9.82. The second-order valence-electron chi connectivity index (χ2n) is 5.09. The number of nitriles is 1. The van der Waals surface area contributed by atoms with Crippen molar-refractivity contribution in [1.29, 1.82) is 5.26 Å². The maximum absolute atomic E-state index is 8.35. The van der Waals surface area contributed by atoms with E-state index in [2.05, 4.69) is 39.1 Å². The van der Waals surface area contributed by atoms with Gasteiger partial charge < -0.3 is 5.32 Å². The Morgan fingerprint density at radius 1 is 1.29 bits per heavy atom. The van der Waals surface area contributed by atoms with Crippen molar-refractivity contribution in [2.45, 2.75) is 47.0 Å². The SMILES string of the molecule is CC(CNCCCCC#N)C(C)(C)C. The number of hydrogen-bond donors (Lipinski definition) is 1. The Bertz CT molecular complexity index is 174. The molecule has 0 amide bonds. The molecule has 0 radical (unpaired) electrons. The Morgan fingerprint density at radius 3 is 2.43 bits per heavy atom. The molecular formula is C12H24N2. The van der Waals surface area contributed by atoms with E-state index in [4.69, 9.17) is 5.26 Å². The van der Waals surface area contributed by atoms with Crippen LogP contribution < -0.4 is 5.32 Å². The summed E-state index contributed by atoms with van der Waals surface area (Å²) in [7, 11) is 0. The summed E-state index contributed by atoms with van der Waals surface area (Å²) >= 11 is 0. The van der Waals surface area contributed by atoms with Crippen LogP contribution in [0.15, 0.2) is 0 Å². The molecule has 0 rings (SSSR count). The Hall–Kier alpha value is -0.550. The summed E-state index contributed by atoms with van der Waals surface area (Å²) in [6.07, 6.45) is 2.83. The summed E-state index contributed by atoms with van der Waals surface area (Å²) in [5, 5.41) is 11.8. The van der Waals surface area contributed by atoms with Crippen LogP contribution >= 0.6 is 0 Å². The first-order chi connectivity index (χ1) is 6.48. The fraction of sp³-hybridized carbons (Fsp3) is 0.917. The molecule has 0 saturated heterocycles. The maximum Gasteiger partial charge on any atom is 0.0621 e. The van der Waals surface area contributed by atoms with E-state index < -0.39 is 0 Å². The predicted octanol–water partition coefficient (Wildman–Crippen LogP) is 2.95. The largest absolute Gasteiger partial charge is 0.316 e. The quantitative estimate of drug-likeness (QED) is 0.663. The minimum Gasteiger partial charge on any atom is -0.316 e. The molecule has 1 N–H and O–H groups in total. The van der Waals surface area contributed by atoms with Crippen molar-refractivity contribution >= 4 is 0 Å². The van der Waals surface area contributed by atoms with Gasteiger partial charge in [0, 0.05) is 6.42 Å². The summed E-state index contributed by atoms with van der Waals surface area (Å²) in [6.45, 7) is 11.2. The number of rotatable bonds is 6. The zero-order chi connectivity index (χ0) is 11.0. The van der Waals surface area contributed by atoms with Crippen LogP contribution in [0.5, 0.6) is 0 Å². The van der Waals surface area contributed by atoms with Crippen molar-refractivity contribution in [2.75, 3.05) is 13.1 Å². The van der Waals surface area contributed by atoms with Crippen LogP contribution in [0.25, 0.3) is 0 Å². The van der Waals surface area contributed by atoms with Gasteiger partial charge in [-0.05, 0) is 37.3 Å². The van der Waals surface area contributed by atoms with E-state index in [-0.39, 0.29) is 0 Å². The van der Waals surface area contributed by atoms with Gasteiger partial charge in [-0.2, -0.15) is 5.26 Å². The molecule has 14 heavy (non-hydrogen) atoms. The van der Waals surface area contributed by atoms with E-state index in [0.717, 1.165) is 25.9 Å². The van der Waals surface area contributed by atoms with E-state index in [1.807, 2.05) is 0 Å². The Kier molecular flexibility index (Phi) is 6.57. The van der Waals surface area contributed by atoms with Gasteiger partial charge in [0.25, 0.3) is 0 Å². The first kappa shape index (κ1) is 13.4. The molecule has 0 bridgehead atoms. The molecule has 0 aliphatic heterocycles. The topological polar surface area (TPSA) is 35.8 Å². The Morgan fingerprint density at radius 2 is 1.93 bits per heavy atom. The van der Waals surface area contributed by atoms with E-state index in [1.165, 1.54) is 0 Å². The summed E-state index contributed by atoms with van der Waals surface area (Å²) < 4.78 is 0. The molecule has 0 fully saturated rings. The highest BCUT2D eigenvalue weighted by atomic mass is 14.9. The molecule has 0 aromatic heterocycles. The van der Waals surface area contributed by atoms with Gasteiger partial charge in [-0.1, -0.05) is 27.7 Å². The molecule has 0 aromatic rings. The average Bonchev–Trinajstić information content (AvgIpc) is 2.09. The monoisotopic (exact) mass is 196 g/mol. The highest BCUT2D eigenvalue weighted by Gasteiger charge is 2.18. The second kappa shape index (κ2) is 6.84. The fourth-order valence-corrected chi connectivity index (χ4v) is 1.08. The van der Waals surface area contributed by atoms with E-state index in [0.29, 0.717) is 17.8 Å². The van der Waals surface area contributed by atoms with Crippen molar-refractivity contribution in [3.05, 3.63) is 0 Å². The standard InChI is InChI=1S/C12H24N2/c1-11(12(2,3)4)10-14-9-7-5-6-8-13/h11,14H,5-7,9-10H2,1-4H3. The summed E-state index contributed by atoms with van der Waals surface area (Å²) in [5.41, 5.74) is 0.389. The first-order valence-electron chi connectivity index (χ1n) is 5.56. The Labute approximate surface area is 88.7 Å². The van der Waals surface area contributed by atoms with Gasteiger partial charge in [0.2, 0.25) is 0 Å². The molecule has 0 aromatic carbocycles. The molecule has 2 heteroatoms. The number of nitrogens with zero attached hydrogens (tertiary/aromatic N) is 1. The van der Waals surface area contributed by atoms with E-state index >= 15 is 0 Å². The molecular weight excluding hydrogens is 172 g/mol. The summed E-state index contributed by atoms with van der Waals surface area (Å²) in [5.74, 6) is 0.693. The van der Waals surface area contributed by atoms with Crippen LogP contribution in [0, 0.1) is 22.7 Å². The molecule has 0 saturated carbocycles. The molecule has 0 aliphatic rings.